The van der Waals surface area contributed by atoms with E-state index in [1.54, 1.807) is 6.07 Å². The molecule has 1 fully saturated rings. The van der Waals surface area contributed by atoms with Gasteiger partial charge in [-0.15, -0.1) is 5.10 Å². The molecule has 3 rings (SSSR count). The molecule has 0 saturated carbocycles. The maximum Gasteiger partial charge on any atom is 0.243 e. The summed E-state index contributed by atoms with van der Waals surface area (Å²) in [7, 11) is 2.15. The van der Waals surface area contributed by atoms with Crippen molar-refractivity contribution >= 4 is 11.6 Å². The van der Waals surface area contributed by atoms with Crippen molar-refractivity contribution in [2.24, 2.45) is 0 Å². The van der Waals surface area contributed by atoms with E-state index in [1.165, 1.54) is 16.8 Å². The fourth-order valence-corrected chi connectivity index (χ4v) is 2.33. The molecule has 20 heavy (non-hydrogen) atoms. The van der Waals surface area contributed by atoms with E-state index < -0.39 is 0 Å². The number of aromatic nitrogens is 3. The Bertz CT molecular complexity index is 575. The average molecular weight is 278 g/mol. The third kappa shape index (κ3) is 3.05. The molecular weight excluding hydrogens is 259 g/mol. The van der Waals surface area contributed by atoms with Gasteiger partial charge in [-0.1, -0.05) is 0 Å². The Kier molecular flexibility index (Phi) is 3.79. The second-order valence-electron chi connectivity index (χ2n) is 5.16. The highest BCUT2D eigenvalue weighted by molar-refractivity contribution is 5.42. The summed E-state index contributed by atoms with van der Waals surface area (Å²) in [6.07, 6.45) is 1.33. The van der Waals surface area contributed by atoms with Crippen LogP contribution >= 0.6 is 0 Å². The largest absolute Gasteiger partial charge is 0.352 e. The molecule has 0 radical (unpaired) electrons. The topological polar surface area (TPSA) is 48.7 Å². The number of nitrogens with zero attached hydrogens (tertiary/aromatic N) is 5. The summed E-state index contributed by atoms with van der Waals surface area (Å²) in [5, 5.41) is 7.39. The first-order chi connectivity index (χ1) is 9.70. The van der Waals surface area contributed by atoms with Gasteiger partial charge in [0.25, 0.3) is 0 Å². The Morgan fingerprint density at radius 3 is 2.85 bits per heavy atom. The smallest absolute Gasteiger partial charge is 0.243 e. The summed E-state index contributed by atoms with van der Waals surface area (Å²) in [4.78, 5) is 9.05. The van der Waals surface area contributed by atoms with Gasteiger partial charge in [0.1, 0.15) is 5.82 Å². The Morgan fingerprint density at radius 1 is 1.25 bits per heavy atom. The molecule has 3 heterocycles. The van der Waals surface area contributed by atoms with Gasteiger partial charge >= 0.3 is 0 Å². The molecule has 1 N–H and O–H groups in total. The summed E-state index contributed by atoms with van der Waals surface area (Å²) in [6.45, 7) is 6.20. The highest BCUT2D eigenvalue weighted by atomic mass is 19.1. The fraction of sp³-hybridized carbons (Fsp3) is 0.538. The first-order valence-electron chi connectivity index (χ1n) is 6.87. The predicted molar refractivity (Wildman–Crippen MR) is 75.4 cm³/mol. The van der Waals surface area contributed by atoms with Gasteiger partial charge in [-0.25, -0.2) is 8.91 Å². The van der Waals surface area contributed by atoms with Crippen molar-refractivity contribution in [3.63, 3.8) is 0 Å². The number of rotatable bonds is 4. The van der Waals surface area contributed by atoms with E-state index in [0.717, 1.165) is 39.3 Å². The van der Waals surface area contributed by atoms with Crippen molar-refractivity contribution in [3.05, 3.63) is 24.1 Å². The molecule has 0 aromatic carbocycles. The molecule has 1 saturated heterocycles. The van der Waals surface area contributed by atoms with Crippen LogP contribution in [0.5, 0.6) is 0 Å². The lowest BCUT2D eigenvalue weighted by molar-refractivity contribution is 0.158. The van der Waals surface area contributed by atoms with Gasteiger partial charge in [-0.2, -0.15) is 4.98 Å². The van der Waals surface area contributed by atoms with Crippen molar-refractivity contribution in [1.29, 1.82) is 0 Å². The zero-order valence-electron chi connectivity index (χ0n) is 11.6. The van der Waals surface area contributed by atoms with Crippen LogP contribution < -0.4 is 5.32 Å². The van der Waals surface area contributed by atoms with Crippen molar-refractivity contribution in [2.75, 3.05) is 51.6 Å². The summed E-state index contributed by atoms with van der Waals surface area (Å²) >= 11 is 0. The number of pyridine rings is 1. The average Bonchev–Trinajstić information content (AvgIpc) is 2.83. The van der Waals surface area contributed by atoms with Gasteiger partial charge < -0.3 is 10.2 Å². The van der Waals surface area contributed by atoms with Crippen LogP contribution in [-0.2, 0) is 0 Å². The van der Waals surface area contributed by atoms with Crippen LogP contribution in [0.1, 0.15) is 0 Å². The number of hydrogen-bond acceptors (Lipinski definition) is 5. The minimum Gasteiger partial charge on any atom is -0.352 e. The standard InChI is InChI=1S/C13H19FN6/c1-18-6-8-19(9-7-18)5-4-15-13-16-12-3-2-11(14)10-20(12)17-13/h2-3,10H,4-9H2,1H3,(H,15,17). The van der Waals surface area contributed by atoms with Gasteiger partial charge in [-0.05, 0) is 19.2 Å². The molecular formula is C13H19FN6. The monoisotopic (exact) mass is 278 g/mol. The molecule has 0 bridgehead atoms. The molecule has 0 atom stereocenters. The van der Waals surface area contributed by atoms with E-state index >= 15 is 0 Å². The number of nitrogens with one attached hydrogen (secondary N) is 1. The summed E-state index contributed by atoms with van der Waals surface area (Å²) in [5.74, 6) is 0.233. The Morgan fingerprint density at radius 2 is 2.05 bits per heavy atom. The van der Waals surface area contributed by atoms with Crippen LogP contribution in [0.15, 0.2) is 18.3 Å². The van der Waals surface area contributed by atoms with E-state index in [0.29, 0.717) is 11.6 Å². The predicted octanol–water partition coefficient (Wildman–Crippen LogP) is 0.528. The van der Waals surface area contributed by atoms with Crippen LogP contribution in [0.3, 0.4) is 0 Å². The van der Waals surface area contributed by atoms with Crippen molar-refractivity contribution < 1.29 is 4.39 Å². The second kappa shape index (κ2) is 5.72. The van der Waals surface area contributed by atoms with E-state index in [2.05, 4.69) is 32.2 Å². The van der Waals surface area contributed by atoms with Gasteiger partial charge in [0.15, 0.2) is 5.65 Å². The normalized spacial score (nSPS) is 17.7. The number of halogens is 1. The first-order valence-corrected chi connectivity index (χ1v) is 6.87. The lowest BCUT2D eigenvalue weighted by Gasteiger charge is -2.32. The van der Waals surface area contributed by atoms with Crippen LogP contribution in [0, 0.1) is 5.82 Å². The first kappa shape index (κ1) is 13.3. The number of fused-ring (bicyclic) bond motifs is 1. The molecule has 7 heteroatoms. The SMILES string of the molecule is CN1CCN(CCNc2nc3ccc(F)cn3n2)CC1. The van der Waals surface area contributed by atoms with Gasteiger partial charge in [0.2, 0.25) is 5.95 Å². The molecule has 2 aromatic heterocycles. The Labute approximate surface area is 117 Å². The van der Waals surface area contributed by atoms with Crippen molar-refractivity contribution in [1.82, 2.24) is 24.4 Å². The lowest BCUT2D eigenvalue weighted by Crippen LogP contribution is -2.45. The van der Waals surface area contributed by atoms with E-state index in [-0.39, 0.29) is 5.82 Å². The third-order valence-electron chi connectivity index (χ3n) is 3.60. The number of anilines is 1. The maximum atomic E-state index is 13.1. The molecule has 1 aliphatic heterocycles. The number of hydrogen-bond donors (Lipinski definition) is 1. The molecule has 108 valence electrons. The van der Waals surface area contributed by atoms with E-state index in [1.807, 2.05) is 0 Å². The molecule has 0 aliphatic carbocycles. The van der Waals surface area contributed by atoms with E-state index in [4.69, 9.17) is 0 Å². The summed E-state index contributed by atoms with van der Waals surface area (Å²) in [6, 6.07) is 3.01. The molecule has 0 unspecified atom stereocenters. The van der Waals surface area contributed by atoms with E-state index in [9.17, 15) is 4.39 Å². The van der Waals surface area contributed by atoms with Gasteiger partial charge in [0.05, 0.1) is 6.20 Å². The molecule has 2 aromatic rings. The second-order valence-corrected chi connectivity index (χ2v) is 5.16. The third-order valence-corrected chi connectivity index (χ3v) is 3.60. The highest BCUT2D eigenvalue weighted by Gasteiger charge is 2.13. The summed E-state index contributed by atoms with van der Waals surface area (Å²) in [5.41, 5.74) is 0.647. The van der Waals surface area contributed by atoms with Crippen LogP contribution in [0.25, 0.3) is 5.65 Å². The molecule has 0 amide bonds. The van der Waals surface area contributed by atoms with Crippen LogP contribution in [0.4, 0.5) is 10.3 Å². The molecule has 1 aliphatic rings. The minimum atomic E-state index is -0.314. The maximum absolute atomic E-state index is 13.1. The minimum absolute atomic E-state index is 0.314. The van der Waals surface area contributed by atoms with Gasteiger partial charge in [0, 0.05) is 39.3 Å². The quantitative estimate of drug-likeness (QED) is 0.884. The van der Waals surface area contributed by atoms with Crippen LogP contribution in [-0.4, -0.2) is 70.7 Å². The van der Waals surface area contributed by atoms with Crippen molar-refractivity contribution in [3.8, 4) is 0 Å². The Hall–Kier alpha value is -1.73. The van der Waals surface area contributed by atoms with Crippen LogP contribution in [0.2, 0.25) is 0 Å². The zero-order valence-corrected chi connectivity index (χ0v) is 11.6. The highest BCUT2D eigenvalue weighted by Crippen LogP contribution is 2.06. The lowest BCUT2D eigenvalue weighted by atomic mass is 10.3. The van der Waals surface area contributed by atoms with Crippen molar-refractivity contribution in [2.45, 2.75) is 0 Å². The number of likely N-dealkylation sites (N-methyl/N-ethyl adjacent to an activating group) is 1. The Balaban J connectivity index is 1.52. The molecule has 0 spiro atoms. The number of piperazine rings is 1. The molecule has 6 nitrogen and oxygen atoms in total. The van der Waals surface area contributed by atoms with Gasteiger partial charge in [-0.3, -0.25) is 4.90 Å². The summed E-state index contributed by atoms with van der Waals surface area (Å²) < 4.78 is 14.5. The zero-order chi connectivity index (χ0) is 13.9. The fourth-order valence-electron chi connectivity index (χ4n) is 2.33.